The second kappa shape index (κ2) is 4.86. The van der Waals surface area contributed by atoms with Crippen molar-refractivity contribution >= 4 is 11.4 Å². The highest BCUT2D eigenvalue weighted by atomic mass is 16.5. The summed E-state index contributed by atoms with van der Waals surface area (Å²) in [6.07, 6.45) is 3.96. The van der Waals surface area contributed by atoms with Crippen LogP contribution in [0.2, 0.25) is 0 Å². The van der Waals surface area contributed by atoms with Gasteiger partial charge in [0.1, 0.15) is 5.75 Å². The molecule has 1 aliphatic carbocycles. The van der Waals surface area contributed by atoms with Crippen molar-refractivity contribution in [2.75, 3.05) is 24.2 Å². The summed E-state index contributed by atoms with van der Waals surface area (Å²) in [6.45, 7) is 5.94. The standard InChI is InChI=1S/C14H22N2O/c1-3-14(7-8-14)10-16-11-5-6-12(15)13(9-11)17-4-2/h5-6,9,16H,3-4,7-8,10,15H2,1-2H3. The first kappa shape index (κ1) is 12.1. The molecule has 17 heavy (non-hydrogen) atoms. The van der Waals surface area contributed by atoms with Crippen LogP contribution in [0.1, 0.15) is 33.1 Å². The monoisotopic (exact) mass is 234 g/mol. The summed E-state index contributed by atoms with van der Waals surface area (Å²) in [6, 6.07) is 5.91. The van der Waals surface area contributed by atoms with Crippen molar-refractivity contribution in [1.29, 1.82) is 0 Å². The van der Waals surface area contributed by atoms with E-state index in [9.17, 15) is 0 Å². The molecule has 0 aromatic heterocycles. The van der Waals surface area contributed by atoms with Crippen LogP contribution in [0.25, 0.3) is 0 Å². The van der Waals surface area contributed by atoms with Gasteiger partial charge < -0.3 is 15.8 Å². The van der Waals surface area contributed by atoms with Crippen molar-refractivity contribution in [3.63, 3.8) is 0 Å². The van der Waals surface area contributed by atoms with Crippen LogP contribution in [0.15, 0.2) is 18.2 Å². The smallest absolute Gasteiger partial charge is 0.144 e. The fraction of sp³-hybridized carbons (Fsp3) is 0.571. The number of nitrogens with one attached hydrogen (secondary N) is 1. The molecule has 0 radical (unpaired) electrons. The third kappa shape index (κ3) is 2.84. The summed E-state index contributed by atoms with van der Waals surface area (Å²) in [5.41, 5.74) is 8.19. The normalized spacial score (nSPS) is 16.6. The molecular weight excluding hydrogens is 212 g/mol. The second-order valence-electron chi connectivity index (χ2n) is 4.89. The predicted octanol–water partition coefficient (Wildman–Crippen LogP) is 3.27. The lowest BCUT2D eigenvalue weighted by Gasteiger charge is -2.16. The zero-order valence-corrected chi connectivity index (χ0v) is 10.8. The molecule has 0 aliphatic heterocycles. The Morgan fingerprint density at radius 1 is 1.35 bits per heavy atom. The molecule has 0 heterocycles. The first-order chi connectivity index (χ1) is 8.19. The average Bonchev–Trinajstić information content (AvgIpc) is 3.11. The fourth-order valence-corrected chi connectivity index (χ4v) is 2.05. The highest BCUT2D eigenvalue weighted by molar-refractivity contribution is 5.61. The van der Waals surface area contributed by atoms with Gasteiger partial charge in [0.2, 0.25) is 0 Å². The van der Waals surface area contributed by atoms with Crippen LogP contribution in [0.5, 0.6) is 5.75 Å². The third-order valence-corrected chi connectivity index (χ3v) is 3.69. The number of nitrogens with two attached hydrogens (primary N) is 1. The molecule has 0 atom stereocenters. The van der Waals surface area contributed by atoms with Gasteiger partial charge in [-0.2, -0.15) is 0 Å². The molecule has 3 nitrogen and oxygen atoms in total. The van der Waals surface area contributed by atoms with Gasteiger partial charge in [-0.15, -0.1) is 0 Å². The maximum absolute atomic E-state index is 5.84. The second-order valence-corrected chi connectivity index (χ2v) is 4.89. The van der Waals surface area contributed by atoms with Gasteiger partial charge in [-0.1, -0.05) is 6.92 Å². The Labute approximate surface area is 103 Å². The molecular formula is C14H22N2O. The van der Waals surface area contributed by atoms with E-state index in [1.54, 1.807) is 0 Å². The molecule has 1 saturated carbocycles. The first-order valence-corrected chi connectivity index (χ1v) is 6.45. The SMILES string of the molecule is CCOc1cc(NCC2(CC)CC2)ccc1N. The summed E-state index contributed by atoms with van der Waals surface area (Å²) in [4.78, 5) is 0. The summed E-state index contributed by atoms with van der Waals surface area (Å²) >= 11 is 0. The largest absolute Gasteiger partial charge is 0.492 e. The molecule has 0 bridgehead atoms. The molecule has 1 fully saturated rings. The Morgan fingerprint density at radius 2 is 2.12 bits per heavy atom. The van der Waals surface area contributed by atoms with Crippen molar-refractivity contribution in [3.05, 3.63) is 18.2 Å². The number of hydrogen-bond donors (Lipinski definition) is 2. The molecule has 1 aromatic rings. The number of ether oxygens (including phenoxy) is 1. The quantitative estimate of drug-likeness (QED) is 0.743. The van der Waals surface area contributed by atoms with Gasteiger partial charge in [0.15, 0.2) is 0 Å². The Hall–Kier alpha value is -1.38. The molecule has 1 aromatic carbocycles. The minimum absolute atomic E-state index is 0.549. The van der Waals surface area contributed by atoms with Gasteiger partial charge >= 0.3 is 0 Å². The maximum atomic E-state index is 5.84. The van der Waals surface area contributed by atoms with Crippen molar-refractivity contribution in [3.8, 4) is 5.75 Å². The summed E-state index contributed by atoms with van der Waals surface area (Å²) < 4.78 is 5.49. The minimum Gasteiger partial charge on any atom is -0.492 e. The average molecular weight is 234 g/mol. The fourth-order valence-electron chi connectivity index (χ4n) is 2.05. The lowest BCUT2D eigenvalue weighted by molar-refractivity contribution is 0.342. The van der Waals surface area contributed by atoms with Crippen LogP contribution in [0.4, 0.5) is 11.4 Å². The summed E-state index contributed by atoms with van der Waals surface area (Å²) in [5, 5.41) is 3.49. The third-order valence-electron chi connectivity index (χ3n) is 3.69. The zero-order chi connectivity index (χ0) is 12.3. The van der Waals surface area contributed by atoms with Gasteiger partial charge in [0, 0.05) is 18.3 Å². The van der Waals surface area contributed by atoms with Crippen molar-refractivity contribution < 1.29 is 4.74 Å². The summed E-state index contributed by atoms with van der Waals surface area (Å²) in [7, 11) is 0. The van der Waals surface area contributed by atoms with Gasteiger partial charge in [-0.05, 0) is 43.7 Å². The van der Waals surface area contributed by atoms with Crippen LogP contribution in [-0.2, 0) is 0 Å². The number of benzene rings is 1. The lowest BCUT2D eigenvalue weighted by atomic mass is 10.0. The first-order valence-electron chi connectivity index (χ1n) is 6.45. The van der Waals surface area contributed by atoms with E-state index in [2.05, 4.69) is 12.2 Å². The molecule has 0 unspecified atom stereocenters. The topological polar surface area (TPSA) is 47.3 Å². The van der Waals surface area contributed by atoms with E-state index < -0.39 is 0 Å². The minimum atomic E-state index is 0.549. The van der Waals surface area contributed by atoms with Crippen molar-refractivity contribution in [2.45, 2.75) is 33.1 Å². The van der Waals surface area contributed by atoms with Crippen LogP contribution in [-0.4, -0.2) is 13.2 Å². The van der Waals surface area contributed by atoms with Gasteiger partial charge in [-0.25, -0.2) is 0 Å². The van der Waals surface area contributed by atoms with E-state index in [4.69, 9.17) is 10.5 Å². The molecule has 1 aliphatic rings. The molecule has 3 N–H and O–H groups in total. The predicted molar refractivity (Wildman–Crippen MR) is 72.5 cm³/mol. The number of nitrogen functional groups attached to an aromatic ring is 1. The maximum Gasteiger partial charge on any atom is 0.144 e. The van der Waals surface area contributed by atoms with E-state index in [0.717, 1.165) is 18.0 Å². The molecule has 2 rings (SSSR count). The molecule has 0 amide bonds. The van der Waals surface area contributed by atoms with E-state index >= 15 is 0 Å². The van der Waals surface area contributed by atoms with Crippen molar-refractivity contribution in [2.24, 2.45) is 5.41 Å². The van der Waals surface area contributed by atoms with Gasteiger partial charge in [0.25, 0.3) is 0 Å². The highest BCUT2D eigenvalue weighted by Crippen LogP contribution is 2.48. The molecule has 3 heteroatoms. The van der Waals surface area contributed by atoms with E-state index in [1.165, 1.54) is 19.3 Å². The number of rotatable bonds is 6. The zero-order valence-electron chi connectivity index (χ0n) is 10.8. The Morgan fingerprint density at radius 3 is 2.71 bits per heavy atom. The van der Waals surface area contributed by atoms with Crippen LogP contribution >= 0.6 is 0 Å². The van der Waals surface area contributed by atoms with Gasteiger partial charge in [0.05, 0.1) is 12.3 Å². The van der Waals surface area contributed by atoms with Crippen LogP contribution < -0.4 is 15.8 Å². The van der Waals surface area contributed by atoms with Crippen LogP contribution in [0, 0.1) is 5.41 Å². The Balaban J connectivity index is 1.98. The Bertz CT molecular complexity index is 386. The molecule has 94 valence electrons. The Kier molecular flexibility index (Phi) is 3.46. The van der Waals surface area contributed by atoms with E-state index in [-0.39, 0.29) is 0 Å². The summed E-state index contributed by atoms with van der Waals surface area (Å²) in [5.74, 6) is 0.777. The lowest BCUT2D eigenvalue weighted by Crippen LogP contribution is -2.14. The highest BCUT2D eigenvalue weighted by Gasteiger charge is 2.40. The van der Waals surface area contributed by atoms with Gasteiger partial charge in [-0.3, -0.25) is 0 Å². The van der Waals surface area contributed by atoms with E-state index in [1.807, 2.05) is 25.1 Å². The van der Waals surface area contributed by atoms with Crippen molar-refractivity contribution in [1.82, 2.24) is 0 Å². The molecule has 0 saturated heterocycles. The number of hydrogen-bond acceptors (Lipinski definition) is 3. The number of anilines is 2. The van der Waals surface area contributed by atoms with Crippen LogP contribution in [0.3, 0.4) is 0 Å². The molecule has 0 spiro atoms. The van der Waals surface area contributed by atoms with E-state index in [0.29, 0.717) is 17.7 Å².